The summed E-state index contributed by atoms with van der Waals surface area (Å²) < 4.78 is 1.85. The summed E-state index contributed by atoms with van der Waals surface area (Å²) in [5.41, 5.74) is 0.0801. The molecule has 1 aromatic rings. The van der Waals surface area contributed by atoms with Gasteiger partial charge in [-0.15, -0.1) is 11.6 Å². The quantitative estimate of drug-likeness (QED) is 0.796. The number of halogens is 1. The molecule has 0 N–H and O–H groups in total. The number of anilines is 1. The molecule has 104 valence electrons. The zero-order valence-electron chi connectivity index (χ0n) is 11.1. The van der Waals surface area contributed by atoms with Crippen molar-refractivity contribution in [1.29, 1.82) is 0 Å². The number of hydrogen-bond acceptors (Lipinski definition) is 3. The third-order valence-corrected chi connectivity index (χ3v) is 4.34. The van der Waals surface area contributed by atoms with Gasteiger partial charge in [0.1, 0.15) is 0 Å². The van der Waals surface area contributed by atoms with Gasteiger partial charge in [-0.25, -0.2) is 4.98 Å². The van der Waals surface area contributed by atoms with Crippen molar-refractivity contribution in [3.63, 3.8) is 0 Å². The van der Waals surface area contributed by atoms with Gasteiger partial charge in [0, 0.05) is 37.4 Å². The fourth-order valence-electron chi connectivity index (χ4n) is 2.92. The summed E-state index contributed by atoms with van der Waals surface area (Å²) in [6.45, 7) is 1.86. The van der Waals surface area contributed by atoms with E-state index < -0.39 is 0 Å². The van der Waals surface area contributed by atoms with Gasteiger partial charge in [0.2, 0.25) is 0 Å². The molecule has 0 spiro atoms. The molecule has 4 nitrogen and oxygen atoms in total. The second-order valence-electron chi connectivity index (χ2n) is 5.63. The van der Waals surface area contributed by atoms with Crippen LogP contribution in [0.3, 0.4) is 0 Å². The highest BCUT2D eigenvalue weighted by atomic mass is 35.5. The number of aromatic nitrogens is 2. The molecule has 2 heterocycles. The third kappa shape index (κ3) is 2.78. The average molecular weight is 282 g/mol. The number of piperidine rings is 1. The Hall–Kier alpha value is -1.03. The normalized spacial score (nSPS) is 23.6. The Bertz CT molecular complexity index is 496. The van der Waals surface area contributed by atoms with Crippen molar-refractivity contribution in [3.05, 3.63) is 22.7 Å². The Morgan fingerprint density at radius 3 is 2.95 bits per heavy atom. The maximum atomic E-state index is 12.4. The first kappa shape index (κ1) is 13.0. The van der Waals surface area contributed by atoms with Crippen molar-refractivity contribution in [1.82, 2.24) is 9.55 Å². The lowest BCUT2D eigenvalue weighted by molar-refractivity contribution is 0.403. The largest absolute Gasteiger partial charge is 0.352 e. The molecule has 0 radical (unpaired) electrons. The Balaban J connectivity index is 1.81. The van der Waals surface area contributed by atoms with Crippen molar-refractivity contribution in [2.75, 3.05) is 23.9 Å². The van der Waals surface area contributed by atoms with Crippen molar-refractivity contribution < 1.29 is 0 Å². The Morgan fingerprint density at radius 2 is 2.21 bits per heavy atom. The van der Waals surface area contributed by atoms with E-state index >= 15 is 0 Å². The fourth-order valence-corrected chi connectivity index (χ4v) is 3.23. The van der Waals surface area contributed by atoms with Gasteiger partial charge < -0.3 is 9.47 Å². The Morgan fingerprint density at radius 1 is 1.37 bits per heavy atom. The smallest absolute Gasteiger partial charge is 0.293 e. The molecule has 5 heteroatoms. The van der Waals surface area contributed by atoms with Gasteiger partial charge in [0.05, 0.1) is 0 Å². The Kier molecular flexibility index (Phi) is 3.78. The van der Waals surface area contributed by atoms with Crippen LogP contribution in [-0.4, -0.2) is 28.5 Å². The van der Waals surface area contributed by atoms with Crippen molar-refractivity contribution in [2.45, 2.75) is 38.1 Å². The molecule has 1 unspecified atom stereocenters. The van der Waals surface area contributed by atoms with E-state index in [4.69, 9.17) is 11.6 Å². The highest BCUT2D eigenvalue weighted by Gasteiger charge is 2.28. The molecule has 1 saturated heterocycles. The van der Waals surface area contributed by atoms with Crippen molar-refractivity contribution >= 4 is 17.4 Å². The van der Waals surface area contributed by atoms with Gasteiger partial charge in [-0.1, -0.05) is 0 Å². The van der Waals surface area contributed by atoms with Gasteiger partial charge in [0.15, 0.2) is 5.82 Å². The standard InChI is InChI=1S/C14H20ClN3O/c15-6-5-11-2-1-8-17(10-11)13-14(19)18(9-7-16-13)12-3-4-12/h7,9,11-12H,1-6,8,10H2. The van der Waals surface area contributed by atoms with Crippen LogP contribution in [0.1, 0.15) is 38.1 Å². The van der Waals surface area contributed by atoms with E-state index in [0.717, 1.165) is 38.8 Å². The topological polar surface area (TPSA) is 38.1 Å². The molecule has 2 fully saturated rings. The van der Waals surface area contributed by atoms with Crippen LogP contribution in [0.15, 0.2) is 17.2 Å². The molecule has 1 saturated carbocycles. The van der Waals surface area contributed by atoms with E-state index in [1.54, 1.807) is 6.20 Å². The first-order valence-electron chi connectivity index (χ1n) is 7.17. The lowest BCUT2D eigenvalue weighted by Crippen LogP contribution is -2.40. The minimum Gasteiger partial charge on any atom is -0.352 e. The van der Waals surface area contributed by atoms with Crippen LogP contribution in [0.2, 0.25) is 0 Å². The molecule has 0 bridgehead atoms. The summed E-state index contributed by atoms with van der Waals surface area (Å²) in [6.07, 6.45) is 9.20. The number of alkyl halides is 1. The van der Waals surface area contributed by atoms with Gasteiger partial charge >= 0.3 is 0 Å². The zero-order valence-corrected chi connectivity index (χ0v) is 11.9. The number of nitrogens with zero attached hydrogens (tertiary/aromatic N) is 3. The molecule has 0 aromatic carbocycles. The lowest BCUT2D eigenvalue weighted by atomic mass is 9.96. The predicted molar refractivity (Wildman–Crippen MR) is 77.0 cm³/mol. The third-order valence-electron chi connectivity index (χ3n) is 4.13. The number of rotatable bonds is 4. The van der Waals surface area contributed by atoms with E-state index in [1.807, 2.05) is 10.8 Å². The monoisotopic (exact) mass is 281 g/mol. The maximum Gasteiger partial charge on any atom is 0.293 e. The van der Waals surface area contributed by atoms with Crippen LogP contribution in [-0.2, 0) is 0 Å². The van der Waals surface area contributed by atoms with Crippen LogP contribution < -0.4 is 10.5 Å². The second kappa shape index (κ2) is 5.53. The highest BCUT2D eigenvalue weighted by molar-refractivity contribution is 6.17. The van der Waals surface area contributed by atoms with E-state index in [1.165, 1.54) is 6.42 Å². The molecule has 19 heavy (non-hydrogen) atoms. The summed E-state index contributed by atoms with van der Waals surface area (Å²) in [7, 11) is 0. The van der Waals surface area contributed by atoms with E-state index in [0.29, 0.717) is 23.7 Å². The zero-order chi connectivity index (χ0) is 13.2. The number of hydrogen-bond donors (Lipinski definition) is 0. The van der Waals surface area contributed by atoms with Crippen LogP contribution in [0.4, 0.5) is 5.82 Å². The van der Waals surface area contributed by atoms with E-state index in [2.05, 4.69) is 9.88 Å². The molecule has 1 aliphatic carbocycles. The summed E-state index contributed by atoms with van der Waals surface area (Å²) in [5, 5.41) is 0. The minimum atomic E-state index is 0.0801. The van der Waals surface area contributed by atoms with Crippen molar-refractivity contribution in [2.24, 2.45) is 5.92 Å². The molecular formula is C14H20ClN3O. The Labute approximate surface area is 118 Å². The summed E-state index contributed by atoms with van der Waals surface area (Å²) in [4.78, 5) is 18.9. The predicted octanol–water partition coefficient (Wildman–Crippen LogP) is 2.42. The SMILES string of the molecule is O=c1c(N2CCCC(CCCl)C2)nccn1C1CC1. The molecule has 1 atom stereocenters. The minimum absolute atomic E-state index is 0.0801. The highest BCUT2D eigenvalue weighted by Crippen LogP contribution is 2.33. The van der Waals surface area contributed by atoms with Crippen LogP contribution in [0.5, 0.6) is 0 Å². The summed E-state index contributed by atoms with van der Waals surface area (Å²) in [5.74, 6) is 1.93. The summed E-state index contributed by atoms with van der Waals surface area (Å²) >= 11 is 5.83. The van der Waals surface area contributed by atoms with Crippen LogP contribution in [0.25, 0.3) is 0 Å². The van der Waals surface area contributed by atoms with Gasteiger partial charge in [-0.05, 0) is 38.0 Å². The molecule has 2 aliphatic rings. The first-order valence-corrected chi connectivity index (χ1v) is 7.71. The van der Waals surface area contributed by atoms with Crippen LogP contribution in [0, 0.1) is 5.92 Å². The second-order valence-corrected chi connectivity index (χ2v) is 6.00. The molecule has 1 aromatic heterocycles. The maximum absolute atomic E-state index is 12.4. The average Bonchev–Trinajstić information content (AvgIpc) is 3.24. The molecular weight excluding hydrogens is 262 g/mol. The molecule has 0 amide bonds. The lowest BCUT2D eigenvalue weighted by Gasteiger charge is -2.33. The van der Waals surface area contributed by atoms with Crippen molar-refractivity contribution in [3.8, 4) is 0 Å². The van der Waals surface area contributed by atoms with Crippen LogP contribution >= 0.6 is 11.6 Å². The summed E-state index contributed by atoms with van der Waals surface area (Å²) in [6, 6.07) is 0.415. The van der Waals surface area contributed by atoms with Gasteiger partial charge in [-0.3, -0.25) is 4.79 Å². The van der Waals surface area contributed by atoms with E-state index in [9.17, 15) is 4.79 Å². The van der Waals surface area contributed by atoms with Gasteiger partial charge in [-0.2, -0.15) is 0 Å². The first-order chi connectivity index (χ1) is 9.29. The fraction of sp³-hybridized carbons (Fsp3) is 0.714. The van der Waals surface area contributed by atoms with Gasteiger partial charge in [0.25, 0.3) is 5.56 Å². The molecule has 3 rings (SSSR count). The molecule has 1 aliphatic heterocycles. The van der Waals surface area contributed by atoms with E-state index in [-0.39, 0.29) is 5.56 Å².